The van der Waals surface area contributed by atoms with Crippen LogP contribution in [0.15, 0.2) is 24.3 Å². The fourth-order valence-corrected chi connectivity index (χ4v) is 1.46. The van der Waals surface area contributed by atoms with Gasteiger partial charge in [0.05, 0.1) is 13.2 Å². The fourth-order valence-electron chi connectivity index (χ4n) is 1.46. The molecule has 1 heterocycles. The highest BCUT2D eigenvalue weighted by Crippen LogP contribution is 2.01. The summed E-state index contributed by atoms with van der Waals surface area (Å²) in [6.07, 6.45) is 1.10. The Morgan fingerprint density at radius 3 is 2.05 bits per heavy atom. The molecule has 5 nitrogen and oxygen atoms in total. The number of amides is 1. The van der Waals surface area contributed by atoms with Crippen molar-refractivity contribution < 1.29 is 14.3 Å². The fraction of sp³-hybridized carbons (Fsp3) is 0.529. The zero-order valence-electron chi connectivity index (χ0n) is 14.4. The van der Waals surface area contributed by atoms with Gasteiger partial charge in [-0.1, -0.05) is 43.7 Å². The molecule has 0 radical (unpaired) electrons. The molecule has 0 unspecified atom stereocenters. The number of rotatable bonds is 1. The van der Waals surface area contributed by atoms with Gasteiger partial charge in [-0.2, -0.15) is 0 Å². The zero-order chi connectivity index (χ0) is 17.4. The molecular formula is C17H30N2O3. The Labute approximate surface area is 134 Å². The molecule has 0 aromatic heterocycles. The van der Waals surface area contributed by atoms with Crippen molar-refractivity contribution >= 4 is 12.7 Å². The number of benzene rings is 1. The lowest BCUT2D eigenvalue weighted by molar-refractivity contribution is -0.106. The van der Waals surface area contributed by atoms with E-state index >= 15 is 0 Å². The van der Waals surface area contributed by atoms with Crippen molar-refractivity contribution in [2.45, 2.75) is 33.7 Å². The van der Waals surface area contributed by atoms with Crippen molar-refractivity contribution in [3.05, 3.63) is 35.4 Å². The minimum absolute atomic E-state index is 0.250. The van der Waals surface area contributed by atoms with Crippen molar-refractivity contribution in [1.82, 2.24) is 4.90 Å². The van der Waals surface area contributed by atoms with Crippen molar-refractivity contribution in [3.63, 3.8) is 0 Å². The van der Waals surface area contributed by atoms with E-state index in [9.17, 15) is 4.79 Å². The largest absolute Gasteiger partial charge is 0.379 e. The van der Waals surface area contributed by atoms with E-state index in [0.29, 0.717) is 6.04 Å². The summed E-state index contributed by atoms with van der Waals surface area (Å²) in [5.74, 6) is 0. The SMILES string of the molecule is CC.C[C@H]1COCCN1C.Cc1ccc(C=O)cc1.NC=O. The van der Waals surface area contributed by atoms with Crippen LogP contribution in [0, 0.1) is 6.92 Å². The maximum Gasteiger partial charge on any atom is 0.204 e. The van der Waals surface area contributed by atoms with Crippen molar-refractivity contribution in [3.8, 4) is 0 Å². The van der Waals surface area contributed by atoms with Crippen LogP contribution in [0.2, 0.25) is 0 Å². The van der Waals surface area contributed by atoms with Crippen LogP contribution in [0.4, 0.5) is 0 Å². The van der Waals surface area contributed by atoms with E-state index in [1.165, 1.54) is 5.56 Å². The van der Waals surface area contributed by atoms with Gasteiger partial charge in [-0.15, -0.1) is 0 Å². The first-order valence-corrected chi connectivity index (χ1v) is 7.50. The third-order valence-electron chi connectivity index (χ3n) is 2.91. The van der Waals surface area contributed by atoms with Gasteiger partial charge in [-0.25, -0.2) is 0 Å². The molecule has 0 bridgehead atoms. The highest BCUT2D eigenvalue weighted by molar-refractivity contribution is 5.74. The van der Waals surface area contributed by atoms with Crippen LogP contribution in [0.3, 0.4) is 0 Å². The number of nitrogens with zero attached hydrogens (tertiary/aromatic N) is 1. The molecule has 22 heavy (non-hydrogen) atoms. The van der Waals surface area contributed by atoms with Crippen LogP contribution in [0.25, 0.3) is 0 Å². The van der Waals surface area contributed by atoms with Crippen LogP contribution >= 0.6 is 0 Å². The first kappa shape index (κ1) is 22.6. The molecule has 1 aliphatic rings. The number of hydrogen-bond donors (Lipinski definition) is 1. The smallest absolute Gasteiger partial charge is 0.204 e. The summed E-state index contributed by atoms with van der Waals surface area (Å²) < 4.78 is 5.21. The number of aldehydes is 1. The molecule has 126 valence electrons. The Balaban J connectivity index is 0. The molecule has 1 aliphatic heterocycles. The number of likely N-dealkylation sites (N-methyl/N-ethyl adjacent to an activating group) is 1. The summed E-state index contributed by atoms with van der Waals surface area (Å²) in [6.45, 7) is 11.1. The molecule has 1 atom stereocenters. The predicted octanol–water partition coefficient (Wildman–Crippen LogP) is 2.27. The van der Waals surface area contributed by atoms with E-state index in [1.54, 1.807) is 0 Å². The van der Waals surface area contributed by atoms with Gasteiger partial charge in [0.15, 0.2) is 0 Å². The third-order valence-corrected chi connectivity index (χ3v) is 2.91. The summed E-state index contributed by atoms with van der Waals surface area (Å²) in [5.41, 5.74) is 6.08. The second-order valence-electron chi connectivity index (χ2n) is 4.57. The highest BCUT2D eigenvalue weighted by Gasteiger charge is 2.12. The molecule has 0 spiro atoms. The number of carbonyl (C=O) groups is 2. The Kier molecular flexibility index (Phi) is 16.1. The first-order valence-electron chi connectivity index (χ1n) is 7.50. The number of aryl methyl sites for hydroxylation is 1. The molecular weight excluding hydrogens is 280 g/mol. The quantitative estimate of drug-likeness (QED) is 0.808. The van der Waals surface area contributed by atoms with Gasteiger partial charge in [0.25, 0.3) is 0 Å². The molecule has 1 aromatic carbocycles. The highest BCUT2D eigenvalue weighted by atomic mass is 16.5. The average molecular weight is 310 g/mol. The lowest BCUT2D eigenvalue weighted by Gasteiger charge is -2.29. The van der Waals surface area contributed by atoms with Gasteiger partial charge in [0, 0.05) is 18.2 Å². The molecule has 1 aromatic rings. The Bertz CT molecular complexity index is 370. The second-order valence-corrected chi connectivity index (χ2v) is 4.57. The second kappa shape index (κ2) is 15.7. The molecule has 0 aliphatic carbocycles. The lowest BCUT2D eigenvalue weighted by Crippen LogP contribution is -2.40. The minimum atomic E-state index is 0.250. The van der Waals surface area contributed by atoms with Gasteiger partial charge in [0.2, 0.25) is 6.41 Å². The Morgan fingerprint density at radius 2 is 1.73 bits per heavy atom. The predicted molar refractivity (Wildman–Crippen MR) is 91.1 cm³/mol. The van der Waals surface area contributed by atoms with E-state index in [0.717, 1.165) is 31.6 Å². The molecule has 1 amide bonds. The maximum atomic E-state index is 10.1. The molecule has 2 rings (SSSR count). The molecule has 1 saturated heterocycles. The Hall–Kier alpha value is -1.72. The van der Waals surface area contributed by atoms with E-state index in [-0.39, 0.29) is 6.41 Å². The number of primary amides is 1. The Morgan fingerprint density at radius 1 is 1.23 bits per heavy atom. The van der Waals surface area contributed by atoms with E-state index in [2.05, 4.69) is 24.6 Å². The monoisotopic (exact) mass is 310 g/mol. The number of ether oxygens (including phenoxy) is 1. The summed E-state index contributed by atoms with van der Waals surface area (Å²) in [6, 6.07) is 8.07. The van der Waals surface area contributed by atoms with E-state index in [1.807, 2.05) is 45.0 Å². The number of hydrogen-bond acceptors (Lipinski definition) is 4. The summed E-state index contributed by atoms with van der Waals surface area (Å²) in [5, 5.41) is 0. The topological polar surface area (TPSA) is 72.6 Å². The lowest BCUT2D eigenvalue weighted by atomic mass is 10.2. The van der Waals surface area contributed by atoms with Gasteiger partial charge in [-0.05, 0) is 20.9 Å². The average Bonchev–Trinajstić information content (AvgIpc) is 2.54. The van der Waals surface area contributed by atoms with Crippen LogP contribution in [-0.4, -0.2) is 50.4 Å². The normalized spacial score (nSPS) is 16.5. The van der Waals surface area contributed by atoms with Gasteiger partial charge < -0.3 is 10.5 Å². The van der Waals surface area contributed by atoms with Gasteiger partial charge >= 0.3 is 0 Å². The summed E-state index contributed by atoms with van der Waals surface area (Å²) >= 11 is 0. The van der Waals surface area contributed by atoms with Gasteiger partial charge in [-0.3, -0.25) is 14.5 Å². The first-order chi connectivity index (χ1) is 10.5. The minimum Gasteiger partial charge on any atom is -0.379 e. The standard InChI is InChI=1S/C8H8O.C6H13NO.C2H6.CH3NO/c1-7-2-4-8(6-9)5-3-7;1-6-5-8-4-3-7(6)2;1-2;2-1-3/h2-6H,1H3;6H,3-5H2,1-2H3;1-2H3;1H,(H2,2,3)/t;6-;;/m.0../s1. The molecule has 5 heteroatoms. The summed E-state index contributed by atoms with van der Waals surface area (Å²) in [4.78, 5) is 21.0. The van der Waals surface area contributed by atoms with Crippen LogP contribution < -0.4 is 5.73 Å². The van der Waals surface area contributed by atoms with Gasteiger partial charge in [0.1, 0.15) is 6.29 Å². The molecule has 2 N–H and O–H groups in total. The third kappa shape index (κ3) is 12.1. The van der Waals surface area contributed by atoms with Crippen molar-refractivity contribution in [2.75, 3.05) is 26.8 Å². The number of nitrogens with two attached hydrogens (primary N) is 1. The van der Waals surface area contributed by atoms with Crippen molar-refractivity contribution in [2.24, 2.45) is 5.73 Å². The molecule has 1 fully saturated rings. The van der Waals surface area contributed by atoms with Crippen molar-refractivity contribution in [1.29, 1.82) is 0 Å². The zero-order valence-corrected chi connectivity index (χ0v) is 14.4. The van der Waals surface area contributed by atoms with E-state index < -0.39 is 0 Å². The van der Waals surface area contributed by atoms with Crippen LogP contribution in [-0.2, 0) is 9.53 Å². The summed E-state index contributed by atoms with van der Waals surface area (Å²) in [7, 11) is 2.13. The maximum absolute atomic E-state index is 10.1. The van der Waals surface area contributed by atoms with Crippen LogP contribution in [0.1, 0.15) is 36.7 Å². The molecule has 0 saturated carbocycles. The van der Waals surface area contributed by atoms with Crippen LogP contribution in [0.5, 0.6) is 0 Å². The van der Waals surface area contributed by atoms with E-state index in [4.69, 9.17) is 9.53 Å². The number of morpholine rings is 1. The number of carbonyl (C=O) groups excluding carboxylic acids is 2.